The summed E-state index contributed by atoms with van der Waals surface area (Å²) >= 11 is 11.7. The van der Waals surface area contributed by atoms with Gasteiger partial charge in [0.05, 0.1) is 17.1 Å². The lowest BCUT2D eigenvalue weighted by Gasteiger charge is -2.13. The Morgan fingerprint density at radius 1 is 1.15 bits per heavy atom. The van der Waals surface area contributed by atoms with Crippen molar-refractivity contribution in [2.45, 2.75) is 31.9 Å². The Hall–Kier alpha value is -2.32. The van der Waals surface area contributed by atoms with Crippen LogP contribution in [0.25, 0.3) is 0 Å². The van der Waals surface area contributed by atoms with Gasteiger partial charge in [0.15, 0.2) is 6.10 Å². The number of halogens is 2. The van der Waals surface area contributed by atoms with Gasteiger partial charge in [-0.1, -0.05) is 23.2 Å². The molecule has 0 bridgehead atoms. The third-order valence-corrected chi connectivity index (χ3v) is 4.16. The number of hydrogen-bond donors (Lipinski definition) is 3. The quantitative estimate of drug-likeness (QED) is 0.549. The van der Waals surface area contributed by atoms with E-state index in [-0.39, 0.29) is 29.1 Å². The average Bonchev–Trinajstić information content (AvgIpc) is 3.41. The second-order valence-electron chi connectivity index (χ2n) is 6.00. The summed E-state index contributed by atoms with van der Waals surface area (Å²) in [6.45, 7) is 0.674. The van der Waals surface area contributed by atoms with Crippen LogP contribution in [0.4, 0.5) is 0 Å². The number of amides is 3. The molecule has 1 aliphatic rings. The summed E-state index contributed by atoms with van der Waals surface area (Å²) in [7, 11) is 0. The van der Waals surface area contributed by atoms with Crippen molar-refractivity contribution < 1.29 is 23.9 Å². The third-order valence-electron chi connectivity index (χ3n) is 3.62. The first-order chi connectivity index (χ1) is 12.8. The molecule has 1 aromatic rings. The predicted molar refractivity (Wildman–Crippen MR) is 98.5 cm³/mol. The molecule has 0 saturated heterocycles. The number of rotatable bonds is 8. The first-order valence-electron chi connectivity index (χ1n) is 8.26. The normalized spacial score (nSPS) is 14.0. The summed E-state index contributed by atoms with van der Waals surface area (Å²) in [5.74, 6) is -2.28. The molecule has 1 aromatic carbocycles. The number of esters is 1. The highest BCUT2D eigenvalue weighted by Gasteiger charge is 2.27. The SMILES string of the molecule is C[C@@H](OC(=O)CNC(=O)CNC(=O)c1ccc(Cl)cc1Cl)C(=O)NC1CC1. The molecule has 3 amide bonds. The van der Waals surface area contributed by atoms with Crippen molar-refractivity contribution in [2.75, 3.05) is 13.1 Å². The largest absolute Gasteiger partial charge is 0.451 e. The van der Waals surface area contributed by atoms with E-state index in [4.69, 9.17) is 27.9 Å². The summed E-state index contributed by atoms with van der Waals surface area (Å²) in [5.41, 5.74) is 0.170. The Morgan fingerprint density at radius 2 is 1.85 bits per heavy atom. The second-order valence-corrected chi connectivity index (χ2v) is 6.84. The van der Waals surface area contributed by atoms with Gasteiger partial charge in [-0.05, 0) is 38.0 Å². The zero-order valence-electron chi connectivity index (χ0n) is 14.5. The number of ether oxygens (including phenoxy) is 1. The summed E-state index contributed by atoms with van der Waals surface area (Å²) in [5, 5.41) is 7.92. The Kier molecular flexibility index (Phi) is 7.44. The molecule has 146 valence electrons. The Bertz CT molecular complexity index is 752. The molecule has 1 fully saturated rings. The molecule has 1 aliphatic carbocycles. The van der Waals surface area contributed by atoms with E-state index >= 15 is 0 Å². The lowest BCUT2D eigenvalue weighted by molar-refractivity contribution is -0.154. The van der Waals surface area contributed by atoms with Crippen LogP contribution in [-0.4, -0.2) is 48.9 Å². The van der Waals surface area contributed by atoms with Gasteiger partial charge in [0.1, 0.15) is 6.54 Å². The van der Waals surface area contributed by atoms with Crippen molar-refractivity contribution in [3.8, 4) is 0 Å². The Labute approximate surface area is 165 Å². The minimum atomic E-state index is -0.943. The molecule has 8 nitrogen and oxygen atoms in total. The van der Waals surface area contributed by atoms with Crippen LogP contribution < -0.4 is 16.0 Å². The van der Waals surface area contributed by atoms with E-state index < -0.39 is 30.4 Å². The zero-order chi connectivity index (χ0) is 20.0. The van der Waals surface area contributed by atoms with Gasteiger partial charge in [0, 0.05) is 11.1 Å². The first kappa shape index (κ1) is 21.0. The maximum atomic E-state index is 12.0. The molecule has 0 radical (unpaired) electrons. The van der Waals surface area contributed by atoms with E-state index in [0.29, 0.717) is 5.02 Å². The molecule has 27 heavy (non-hydrogen) atoms. The maximum Gasteiger partial charge on any atom is 0.326 e. The minimum absolute atomic E-state index is 0.155. The predicted octanol–water partition coefficient (Wildman–Crippen LogP) is 1.05. The first-order valence-corrected chi connectivity index (χ1v) is 9.01. The van der Waals surface area contributed by atoms with Crippen LogP contribution in [0.3, 0.4) is 0 Å². The van der Waals surface area contributed by atoms with Crippen LogP contribution in [0, 0.1) is 0 Å². The van der Waals surface area contributed by atoms with Crippen LogP contribution >= 0.6 is 23.2 Å². The summed E-state index contributed by atoms with van der Waals surface area (Å²) < 4.78 is 4.93. The Balaban J connectivity index is 1.68. The second kappa shape index (κ2) is 9.57. The van der Waals surface area contributed by atoms with Gasteiger partial charge in [-0.2, -0.15) is 0 Å². The molecular weight excluding hydrogens is 397 g/mol. The number of benzene rings is 1. The van der Waals surface area contributed by atoms with Crippen molar-refractivity contribution in [3.05, 3.63) is 33.8 Å². The van der Waals surface area contributed by atoms with Gasteiger partial charge in [0.25, 0.3) is 11.8 Å². The molecule has 1 atom stereocenters. The van der Waals surface area contributed by atoms with Crippen molar-refractivity contribution >= 4 is 46.9 Å². The van der Waals surface area contributed by atoms with E-state index in [0.717, 1.165) is 12.8 Å². The fraction of sp³-hybridized carbons (Fsp3) is 0.412. The van der Waals surface area contributed by atoms with E-state index in [1.54, 1.807) is 0 Å². The van der Waals surface area contributed by atoms with Crippen molar-refractivity contribution in [1.29, 1.82) is 0 Å². The molecule has 10 heteroatoms. The lowest BCUT2D eigenvalue weighted by Crippen LogP contribution is -2.42. The van der Waals surface area contributed by atoms with Crippen molar-refractivity contribution in [3.63, 3.8) is 0 Å². The topological polar surface area (TPSA) is 114 Å². The van der Waals surface area contributed by atoms with E-state index in [2.05, 4.69) is 16.0 Å². The monoisotopic (exact) mass is 415 g/mol. The molecule has 0 spiro atoms. The van der Waals surface area contributed by atoms with Gasteiger partial charge in [-0.25, -0.2) is 0 Å². The molecule has 2 rings (SSSR count). The number of hydrogen-bond acceptors (Lipinski definition) is 5. The van der Waals surface area contributed by atoms with Crippen LogP contribution in [0.1, 0.15) is 30.1 Å². The fourth-order valence-corrected chi connectivity index (χ4v) is 2.50. The van der Waals surface area contributed by atoms with Crippen LogP contribution in [-0.2, 0) is 19.1 Å². The van der Waals surface area contributed by atoms with Crippen LogP contribution in [0.15, 0.2) is 18.2 Å². The number of nitrogens with one attached hydrogen (secondary N) is 3. The van der Waals surface area contributed by atoms with E-state index in [9.17, 15) is 19.2 Å². The average molecular weight is 416 g/mol. The highest BCUT2D eigenvalue weighted by atomic mass is 35.5. The van der Waals surface area contributed by atoms with E-state index in [1.807, 2.05) is 0 Å². The smallest absolute Gasteiger partial charge is 0.326 e. The van der Waals surface area contributed by atoms with Gasteiger partial charge >= 0.3 is 5.97 Å². The van der Waals surface area contributed by atoms with E-state index in [1.165, 1.54) is 25.1 Å². The molecule has 0 unspecified atom stereocenters. The number of carbonyl (C=O) groups is 4. The molecule has 0 heterocycles. The lowest BCUT2D eigenvalue weighted by atomic mass is 10.2. The molecule has 0 aromatic heterocycles. The van der Waals surface area contributed by atoms with Crippen LogP contribution in [0.5, 0.6) is 0 Å². The molecule has 1 saturated carbocycles. The Morgan fingerprint density at radius 3 is 2.48 bits per heavy atom. The van der Waals surface area contributed by atoms with Gasteiger partial charge < -0.3 is 20.7 Å². The molecular formula is C17H19Cl2N3O5. The summed E-state index contributed by atoms with van der Waals surface area (Å²) in [6, 6.07) is 4.51. The molecule has 3 N–H and O–H groups in total. The van der Waals surface area contributed by atoms with Crippen molar-refractivity contribution in [1.82, 2.24) is 16.0 Å². The van der Waals surface area contributed by atoms with Crippen LogP contribution in [0.2, 0.25) is 10.0 Å². The highest BCUT2D eigenvalue weighted by Crippen LogP contribution is 2.20. The molecule has 0 aliphatic heterocycles. The van der Waals surface area contributed by atoms with Gasteiger partial charge in [-0.3, -0.25) is 19.2 Å². The zero-order valence-corrected chi connectivity index (χ0v) is 16.0. The third kappa shape index (κ3) is 7.07. The summed E-state index contributed by atoms with van der Waals surface area (Å²) in [4.78, 5) is 47.1. The standard InChI is InChI=1S/C17H19Cl2N3O5/c1-9(16(25)22-11-3-4-11)27-15(24)8-20-14(23)7-21-17(26)12-5-2-10(18)6-13(12)19/h2,5-6,9,11H,3-4,7-8H2,1H3,(H,20,23)(H,21,26)(H,22,25)/t9-/m1/s1. The number of carbonyl (C=O) groups excluding carboxylic acids is 4. The maximum absolute atomic E-state index is 12.0. The fourth-order valence-electron chi connectivity index (χ4n) is 2.00. The van der Waals surface area contributed by atoms with Gasteiger partial charge in [0.2, 0.25) is 5.91 Å². The van der Waals surface area contributed by atoms with Crippen molar-refractivity contribution in [2.24, 2.45) is 0 Å². The summed E-state index contributed by atoms with van der Waals surface area (Å²) in [6.07, 6.45) is 0.909. The minimum Gasteiger partial charge on any atom is -0.451 e. The highest BCUT2D eigenvalue weighted by molar-refractivity contribution is 6.36. The van der Waals surface area contributed by atoms with Gasteiger partial charge in [-0.15, -0.1) is 0 Å².